The summed E-state index contributed by atoms with van der Waals surface area (Å²) in [5.41, 5.74) is 0.671. The van der Waals surface area contributed by atoms with Crippen LogP contribution in [0.4, 0.5) is 0 Å². The second-order valence-electron chi connectivity index (χ2n) is 7.99. The highest BCUT2D eigenvalue weighted by Gasteiger charge is 2.42. The largest absolute Gasteiger partial charge is 0.375 e. The van der Waals surface area contributed by atoms with E-state index >= 15 is 0 Å². The van der Waals surface area contributed by atoms with Gasteiger partial charge in [0.1, 0.15) is 0 Å². The van der Waals surface area contributed by atoms with Crippen LogP contribution in [-0.4, -0.2) is 60.0 Å². The van der Waals surface area contributed by atoms with Gasteiger partial charge in [0.15, 0.2) is 0 Å². The highest BCUT2D eigenvalue weighted by atomic mass is 32.1. The molecule has 1 aromatic heterocycles. The van der Waals surface area contributed by atoms with Crippen LogP contribution in [0, 0.1) is 5.92 Å². The third kappa shape index (κ3) is 3.81. The van der Waals surface area contributed by atoms with Gasteiger partial charge in [0.25, 0.3) is 5.91 Å². The minimum Gasteiger partial charge on any atom is -0.375 e. The Kier molecular flexibility index (Phi) is 5.32. The van der Waals surface area contributed by atoms with Crippen molar-refractivity contribution < 1.29 is 14.3 Å². The number of likely N-dealkylation sites (tertiary alicyclic amines) is 2. The van der Waals surface area contributed by atoms with E-state index < -0.39 is 0 Å². The number of thiophene rings is 1. The topological polar surface area (TPSA) is 49.9 Å². The van der Waals surface area contributed by atoms with Crippen LogP contribution in [0.3, 0.4) is 0 Å². The fraction of sp³-hybridized carbons (Fsp3) is 0.700. The Balaban J connectivity index is 1.31. The van der Waals surface area contributed by atoms with Crippen molar-refractivity contribution in [3.8, 4) is 0 Å². The lowest BCUT2D eigenvalue weighted by molar-refractivity contribution is -0.140. The molecule has 4 rings (SSSR count). The summed E-state index contributed by atoms with van der Waals surface area (Å²) in [7, 11) is 0. The molecule has 0 aliphatic carbocycles. The second-order valence-corrected chi connectivity index (χ2v) is 8.77. The van der Waals surface area contributed by atoms with Crippen molar-refractivity contribution in [2.75, 3.05) is 32.8 Å². The zero-order chi connectivity index (χ0) is 18.0. The lowest BCUT2D eigenvalue weighted by atomic mass is 9.78. The first-order chi connectivity index (χ1) is 12.7. The van der Waals surface area contributed by atoms with Crippen molar-refractivity contribution >= 4 is 23.2 Å². The molecular weight excluding hydrogens is 348 g/mol. The summed E-state index contributed by atoms with van der Waals surface area (Å²) in [6.45, 7) is 4.12. The summed E-state index contributed by atoms with van der Waals surface area (Å²) < 4.78 is 6.20. The molecular formula is C20H28N2O3S. The summed E-state index contributed by atoms with van der Waals surface area (Å²) in [5, 5.41) is 3.87. The molecule has 1 atom stereocenters. The zero-order valence-corrected chi connectivity index (χ0v) is 16.1. The maximum absolute atomic E-state index is 12.5. The van der Waals surface area contributed by atoms with E-state index in [9.17, 15) is 9.59 Å². The molecule has 3 aliphatic rings. The van der Waals surface area contributed by atoms with E-state index in [1.165, 1.54) is 0 Å². The number of amides is 2. The molecule has 0 N–H and O–H groups in total. The van der Waals surface area contributed by atoms with Gasteiger partial charge in [-0.1, -0.05) is 0 Å². The number of hydrogen-bond donors (Lipinski definition) is 0. The Morgan fingerprint density at radius 3 is 2.62 bits per heavy atom. The van der Waals surface area contributed by atoms with Gasteiger partial charge in [0.2, 0.25) is 5.91 Å². The van der Waals surface area contributed by atoms with Gasteiger partial charge in [-0.2, -0.15) is 11.3 Å². The maximum Gasteiger partial charge on any atom is 0.254 e. The molecule has 3 saturated heterocycles. The molecule has 1 aromatic rings. The van der Waals surface area contributed by atoms with Crippen molar-refractivity contribution in [2.45, 2.75) is 50.5 Å². The average Bonchev–Trinajstić information content (AvgIpc) is 3.36. The molecule has 2 amide bonds. The van der Waals surface area contributed by atoms with Gasteiger partial charge in [-0.25, -0.2) is 0 Å². The smallest absolute Gasteiger partial charge is 0.254 e. The number of piperidine rings is 1. The average molecular weight is 377 g/mol. The van der Waals surface area contributed by atoms with Crippen LogP contribution in [0.1, 0.15) is 55.3 Å². The van der Waals surface area contributed by atoms with E-state index in [-0.39, 0.29) is 11.5 Å². The quantitative estimate of drug-likeness (QED) is 0.814. The minimum absolute atomic E-state index is 0.125. The minimum atomic E-state index is -0.125. The molecule has 142 valence electrons. The summed E-state index contributed by atoms with van der Waals surface area (Å²) in [5.74, 6) is 0.892. The molecule has 5 nitrogen and oxygen atoms in total. The molecule has 0 radical (unpaired) electrons. The van der Waals surface area contributed by atoms with E-state index in [0.29, 0.717) is 18.2 Å². The van der Waals surface area contributed by atoms with Crippen LogP contribution in [0.15, 0.2) is 16.8 Å². The normalized spacial score (nSPS) is 25.6. The van der Waals surface area contributed by atoms with E-state index in [0.717, 1.165) is 76.9 Å². The van der Waals surface area contributed by atoms with Crippen molar-refractivity contribution in [2.24, 2.45) is 5.92 Å². The van der Waals surface area contributed by atoms with Crippen LogP contribution < -0.4 is 0 Å². The SMILES string of the molecule is O=C(CC1CCOC2(CCN(C(=O)c3ccsc3)CC2)C1)N1CCCC1. The number of rotatable bonds is 3. The fourth-order valence-electron chi connectivity index (χ4n) is 4.68. The Morgan fingerprint density at radius 2 is 1.92 bits per heavy atom. The molecule has 0 aromatic carbocycles. The zero-order valence-electron chi connectivity index (χ0n) is 15.3. The third-order valence-corrected chi connectivity index (χ3v) is 6.93. The Hall–Kier alpha value is -1.40. The summed E-state index contributed by atoms with van der Waals surface area (Å²) in [6, 6.07) is 1.90. The van der Waals surface area contributed by atoms with Crippen molar-refractivity contribution in [1.82, 2.24) is 9.80 Å². The molecule has 1 unspecified atom stereocenters. The molecule has 0 bridgehead atoms. The fourth-order valence-corrected chi connectivity index (χ4v) is 5.31. The number of carbonyl (C=O) groups excluding carboxylic acids is 2. The summed E-state index contributed by atoms with van der Waals surface area (Å²) >= 11 is 1.56. The van der Waals surface area contributed by atoms with Crippen LogP contribution in [-0.2, 0) is 9.53 Å². The lowest BCUT2D eigenvalue weighted by Crippen LogP contribution is -2.51. The lowest BCUT2D eigenvalue weighted by Gasteiger charge is -2.46. The highest BCUT2D eigenvalue weighted by Crippen LogP contribution is 2.39. The maximum atomic E-state index is 12.5. The van der Waals surface area contributed by atoms with E-state index in [2.05, 4.69) is 0 Å². The number of hydrogen-bond acceptors (Lipinski definition) is 4. The Labute approximate surface area is 159 Å². The van der Waals surface area contributed by atoms with Crippen LogP contribution in [0.2, 0.25) is 0 Å². The van der Waals surface area contributed by atoms with E-state index in [4.69, 9.17) is 4.74 Å². The van der Waals surface area contributed by atoms with Gasteiger partial charge in [-0.15, -0.1) is 0 Å². The van der Waals surface area contributed by atoms with Gasteiger partial charge in [0, 0.05) is 44.6 Å². The third-order valence-electron chi connectivity index (χ3n) is 6.25. The summed E-state index contributed by atoms with van der Waals surface area (Å²) in [6.07, 6.45) is 6.69. The summed E-state index contributed by atoms with van der Waals surface area (Å²) in [4.78, 5) is 29.0. The van der Waals surface area contributed by atoms with E-state index in [1.54, 1.807) is 11.3 Å². The second kappa shape index (κ2) is 7.69. The van der Waals surface area contributed by atoms with E-state index in [1.807, 2.05) is 26.6 Å². The molecule has 3 fully saturated rings. The predicted molar refractivity (Wildman–Crippen MR) is 101 cm³/mol. The first-order valence-electron chi connectivity index (χ1n) is 9.88. The molecule has 3 aliphatic heterocycles. The van der Waals surface area contributed by atoms with Crippen molar-refractivity contribution in [3.05, 3.63) is 22.4 Å². The van der Waals surface area contributed by atoms with Gasteiger partial charge < -0.3 is 14.5 Å². The Bertz CT molecular complexity index is 631. The monoisotopic (exact) mass is 376 g/mol. The van der Waals surface area contributed by atoms with Gasteiger partial charge in [0.05, 0.1) is 11.2 Å². The van der Waals surface area contributed by atoms with Gasteiger partial charge in [-0.05, 0) is 55.9 Å². The standard InChI is InChI=1S/C20H28N2O3S/c23-18(21-7-1-2-8-21)13-16-3-11-25-20(14-16)5-9-22(10-6-20)19(24)17-4-12-26-15-17/h4,12,15-16H,1-3,5-11,13-14H2. The van der Waals surface area contributed by atoms with Gasteiger partial charge >= 0.3 is 0 Å². The number of nitrogens with zero attached hydrogens (tertiary/aromatic N) is 2. The highest BCUT2D eigenvalue weighted by molar-refractivity contribution is 7.08. The molecule has 6 heteroatoms. The Morgan fingerprint density at radius 1 is 1.15 bits per heavy atom. The first-order valence-corrected chi connectivity index (χ1v) is 10.8. The van der Waals surface area contributed by atoms with Gasteiger partial charge in [-0.3, -0.25) is 9.59 Å². The molecule has 0 saturated carbocycles. The molecule has 1 spiro atoms. The molecule has 26 heavy (non-hydrogen) atoms. The molecule has 4 heterocycles. The number of ether oxygens (including phenoxy) is 1. The van der Waals surface area contributed by atoms with Crippen molar-refractivity contribution in [1.29, 1.82) is 0 Å². The first kappa shape index (κ1) is 18.0. The number of carbonyl (C=O) groups is 2. The van der Waals surface area contributed by atoms with Crippen LogP contribution >= 0.6 is 11.3 Å². The predicted octanol–water partition coefficient (Wildman–Crippen LogP) is 3.16. The van der Waals surface area contributed by atoms with Crippen LogP contribution in [0.5, 0.6) is 0 Å². The van der Waals surface area contributed by atoms with Crippen molar-refractivity contribution in [3.63, 3.8) is 0 Å². The van der Waals surface area contributed by atoms with Crippen LogP contribution in [0.25, 0.3) is 0 Å².